The standard InChI is InChI=1S/C14H20N2O2/c1-10-9-18-8-7-13(10)16-12-5-3-11(4-6-12)14(17)15-2/h3-6,10,13,16H,7-9H2,1-2H3,(H,15,17). The molecule has 2 atom stereocenters. The molecule has 1 aromatic carbocycles. The largest absolute Gasteiger partial charge is 0.382 e. The zero-order valence-corrected chi connectivity index (χ0v) is 10.9. The number of amides is 1. The first-order chi connectivity index (χ1) is 8.70. The van der Waals surface area contributed by atoms with E-state index >= 15 is 0 Å². The molecule has 1 aliphatic rings. The van der Waals surface area contributed by atoms with Crippen LogP contribution in [0.4, 0.5) is 5.69 Å². The van der Waals surface area contributed by atoms with Crippen LogP contribution in [0.15, 0.2) is 24.3 Å². The highest BCUT2D eigenvalue weighted by Crippen LogP contribution is 2.19. The molecule has 2 unspecified atom stereocenters. The van der Waals surface area contributed by atoms with E-state index in [9.17, 15) is 4.79 Å². The Morgan fingerprint density at radius 1 is 1.33 bits per heavy atom. The van der Waals surface area contributed by atoms with Gasteiger partial charge in [0.25, 0.3) is 5.91 Å². The number of anilines is 1. The maximum absolute atomic E-state index is 11.4. The summed E-state index contributed by atoms with van der Waals surface area (Å²) in [6.07, 6.45) is 1.03. The molecular formula is C14H20N2O2. The van der Waals surface area contributed by atoms with Crippen molar-refractivity contribution in [3.8, 4) is 0 Å². The van der Waals surface area contributed by atoms with E-state index < -0.39 is 0 Å². The van der Waals surface area contributed by atoms with E-state index in [-0.39, 0.29) is 5.91 Å². The van der Waals surface area contributed by atoms with E-state index in [1.807, 2.05) is 24.3 Å². The monoisotopic (exact) mass is 248 g/mol. The molecule has 18 heavy (non-hydrogen) atoms. The molecule has 0 radical (unpaired) electrons. The summed E-state index contributed by atoms with van der Waals surface area (Å²) in [7, 11) is 1.64. The average molecular weight is 248 g/mol. The summed E-state index contributed by atoms with van der Waals surface area (Å²) >= 11 is 0. The second-order valence-corrected chi connectivity index (χ2v) is 4.75. The molecule has 1 aliphatic heterocycles. The Bertz CT molecular complexity index is 403. The van der Waals surface area contributed by atoms with Crippen LogP contribution in [0, 0.1) is 5.92 Å². The van der Waals surface area contributed by atoms with E-state index in [0.29, 0.717) is 17.5 Å². The fourth-order valence-electron chi connectivity index (χ4n) is 2.17. The van der Waals surface area contributed by atoms with Gasteiger partial charge in [0.2, 0.25) is 0 Å². The lowest BCUT2D eigenvalue weighted by atomic mass is 9.97. The SMILES string of the molecule is CNC(=O)c1ccc(NC2CCOCC2C)cc1. The van der Waals surface area contributed by atoms with Crippen LogP contribution < -0.4 is 10.6 Å². The van der Waals surface area contributed by atoms with Gasteiger partial charge in [-0.15, -0.1) is 0 Å². The van der Waals surface area contributed by atoms with E-state index in [4.69, 9.17) is 4.74 Å². The van der Waals surface area contributed by atoms with Gasteiger partial charge >= 0.3 is 0 Å². The molecule has 1 saturated heterocycles. The maximum Gasteiger partial charge on any atom is 0.251 e. The van der Waals surface area contributed by atoms with Crippen molar-refractivity contribution >= 4 is 11.6 Å². The average Bonchev–Trinajstić information content (AvgIpc) is 2.41. The maximum atomic E-state index is 11.4. The number of hydrogen-bond acceptors (Lipinski definition) is 3. The van der Waals surface area contributed by atoms with Gasteiger partial charge in [-0.3, -0.25) is 4.79 Å². The molecule has 0 aromatic heterocycles. The van der Waals surface area contributed by atoms with Crippen LogP contribution in [0.3, 0.4) is 0 Å². The first-order valence-corrected chi connectivity index (χ1v) is 6.37. The Labute approximate surface area is 108 Å². The normalized spacial score (nSPS) is 23.4. The first kappa shape index (κ1) is 12.9. The lowest BCUT2D eigenvalue weighted by Crippen LogP contribution is -2.35. The lowest BCUT2D eigenvalue weighted by Gasteiger charge is -2.30. The van der Waals surface area contributed by atoms with Gasteiger partial charge in [-0.25, -0.2) is 0 Å². The van der Waals surface area contributed by atoms with Crippen LogP contribution in [0.2, 0.25) is 0 Å². The highest BCUT2D eigenvalue weighted by Gasteiger charge is 2.21. The van der Waals surface area contributed by atoms with Crippen molar-refractivity contribution in [3.05, 3.63) is 29.8 Å². The van der Waals surface area contributed by atoms with Gasteiger partial charge < -0.3 is 15.4 Å². The summed E-state index contributed by atoms with van der Waals surface area (Å²) in [5.41, 5.74) is 1.74. The van der Waals surface area contributed by atoms with Crippen LogP contribution in [0.5, 0.6) is 0 Å². The van der Waals surface area contributed by atoms with E-state index in [1.165, 1.54) is 0 Å². The summed E-state index contributed by atoms with van der Waals surface area (Å²) in [5.74, 6) is 0.457. The van der Waals surface area contributed by atoms with Gasteiger partial charge in [-0.05, 0) is 36.6 Å². The van der Waals surface area contributed by atoms with E-state index in [2.05, 4.69) is 17.6 Å². The summed E-state index contributed by atoms with van der Waals surface area (Å²) in [4.78, 5) is 11.4. The molecule has 2 N–H and O–H groups in total. The molecule has 0 bridgehead atoms. The predicted molar refractivity (Wildman–Crippen MR) is 71.8 cm³/mol. The molecule has 98 valence electrons. The molecule has 1 heterocycles. The smallest absolute Gasteiger partial charge is 0.251 e. The highest BCUT2D eigenvalue weighted by molar-refractivity contribution is 5.94. The number of hydrogen-bond donors (Lipinski definition) is 2. The Kier molecular flexibility index (Phi) is 4.20. The molecule has 1 aromatic rings. The Balaban J connectivity index is 1.99. The minimum atomic E-state index is -0.0546. The molecule has 1 amide bonds. The second kappa shape index (κ2) is 5.87. The van der Waals surface area contributed by atoms with Gasteiger partial charge in [-0.1, -0.05) is 6.92 Å². The van der Waals surface area contributed by atoms with Crippen molar-refractivity contribution in [2.75, 3.05) is 25.6 Å². The summed E-state index contributed by atoms with van der Waals surface area (Å²) in [6.45, 7) is 3.82. The van der Waals surface area contributed by atoms with Gasteiger partial charge in [0.05, 0.1) is 6.61 Å². The fourth-order valence-corrected chi connectivity index (χ4v) is 2.17. The highest BCUT2D eigenvalue weighted by atomic mass is 16.5. The Morgan fingerprint density at radius 3 is 2.67 bits per heavy atom. The number of carbonyl (C=O) groups excluding carboxylic acids is 1. The molecule has 2 rings (SSSR count). The molecule has 0 saturated carbocycles. The summed E-state index contributed by atoms with van der Waals surface area (Å²) < 4.78 is 5.42. The molecule has 1 fully saturated rings. The van der Waals surface area contributed by atoms with Crippen molar-refractivity contribution in [1.29, 1.82) is 0 Å². The third-order valence-corrected chi connectivity index (χ3v) is 3.37. The fraction of sp³-hybridized carbons (Fsp3) is 0.500. The zero-order valence-electron chi connectivity index (χ0n) is 10.9. The van der Waals surface area contributed by atoms with E-state index in [0.717, 1.165) is 25.3 Å². The summed E-state index contributed by atoms with van der Waals surface area (Å²) in [6, 6.07) is 8.03. The van der Waals surface area contributed by atoms with Crippen molar-refractivity contribution in [1.82, 2.24) is 5.32 Å². The van der Waals surface area contributed by atoms with Crippen LogP contribution in [0.25, 0.3) is 0 Å². The number of rotatable bonds is 3. The predicted octanol–water partition coefficient (Wildman–Crippen LogP) is 1.88. The van der Waals surface area contributed by atoms with Crippen molar-refractivity contribution < 1.29 is 9.53 Å². The topological polar surface area (TPSA) is 50.4 Å². The van der Waals surface area contributed by atoms with Crippen LogP contribution >= 0.6 is 0 Å². The van der Waals surface area contributed by atoms with Crippen LogP contribution in [-0.4, -0.2) is 32.2 Å². The minimum absolute atomic E-state index is 0.0546. The summed E-state index contributed by atoms with van der Waals surface area (Å²) in [5, 5.41) is 6.12. The molecule has 4 nitrogen and oxygen atoms in total. The van der Waals surface area contributed by atoms with Crippen molar-refractivity contribution in [2.45, 2.75) is 19.4 Å². The minimum Gasteiger partial charge on any atom is -0.382 e. The molecule has 4 heteroatoms. The van der Waals surface area contributed by atoms with Gasteiger partial charge in [0.15, 0.2) is 0 Å². The van der Waals surface area contributed by atoms with Crippen molar-refractivity contribution in [2.24, 2.45) is 5.92 Å². The Hall–Kier alpha value is -1.55. The van der Waals surface area contributed by atoms with Gasteiger partial charge in [0.1, 0.15) is 0 Å². The number of benzene rings is 1. The van der Waals surface area contributed by atoms with Crippen LogP contribution in [-0.2, 0) is 4.74 Å². The first-order valence-electron chi connectivity index (χ1n) is 6.37. The number of nitrogens with one attached hydrogen (secondary N) is 2. The van der Waals surface area contributed by atoms with E-state index in [1.54, 1.807) is 7.05 Å². The molecular weight excluding hydrogens is 228 g/mol. The quantitative estimate of drug-likeness (QED) is 0.858. The third kappa shape index (κ3) is 3.01. The second-order valence-electron chi connectivity index (χ2n) is 4.75. The molecule has 0 spiro atoms. The van der Waals surface area contributed by atoms with Crippen LogP contribution in [0.1, 0.15) is 23.7 Å². The molecule has 0 aliphatic carbocycles. The third-order valence-electron chi connectivity index (χ3n) is 3.37. The van der Waals surface area contributed by atoms with Crippen molar-refractivity contribution in [3.63, 3.8) is 0 Å². The van der Waals surface area contributed by atoms with Gasteiger partial charge in [0, 0.05) is 30.9 Å². The number of carbonyl (C=O) groups is 1. The zero-order chi connectivity index (χ0) is 13.0. The number of ether oxygens (including phenoxy) is 1. The lowest BCUT2D eigenvalue weighted by molar-refractivity contribution is 0.0538. The van der Waals surface area contributed by atoms with Gasteiger partial charge in [-0.2, -0.15) is 0 Å². The Morgan fingerprint density at radius 2 is 2.06 bits per heavy atom.